The Hall–Kier alpha value is -1.73. The maximum absolute atomic E-state index is 12.8. The van der Waals surface area contributed by atoms with Gasteiger partial charge in [0.05, 0.1) is 18.2 Å². The van der Waals surface area contributed by atoms with Crippen molar-refractivity contribution < 1.29 is 13.2 Å². The van der Waals surface area contributed by atoms with Gasteiger partial charge in [0, 0.05) is 30.9 Å². The first kappa shape index (κ1) is 21.6. The zero-order chi connectivity index (χ0) is 20.0. The maximum Gasteiger partial charge on any atom is 0.391 e. The third-order valence-corrected chi connectivity index (χ3v) is 5.30. The van der Waals surface area contributed by atoms with Gasteiger partial charge in [-0.05, 0) is 45.4 Å². The fourth-order valence-electron chi connectivity index (χ4n) is 3.81. The molecule has 0 radical (unpaired) electrons. The summed E-state index contributed by atoms with van der Waals surface area (Å²) >= 11 is 0. The highest BCUT2D eigenvalue weighted by atomic mass is 19.4. The number of aryl methyl sites for hydroxylation is 2. The van der Waals surface area contributed by atoms with E-state index in [1.54, 1.807) is 0 Å². The van der Waals surface area contributed by atoms with Gasteiger partial charge in [0.1, 0.15) is 0 Å². The summed E-state index contributed by atoms with van der Waals surface area (Å²) < 4.78 is 40.4. The molecule has 0 spiro atoms. The first-order valence-corrected chi connectivity index (χ1v) is 9.95. The normalized spacial score (nSPS) is 21.4. The first-order chi connectivity index (χ1) is 12.8. The van der Waals surface area contributed by atoms with Crippen molar-refractivity contribution in [3.8, 4) is 0 Å². The van der Waals surface area contributed by atoms with E-state index in [1.807, 2.05) is 18.7 Å². The summed E-state index contributed by atoms with van der Waals surface area (Å²) in [5, 5.41) is 11.1. The lowest BCUT2D eigenvalue weighted by atomic mass is 9.85. The van der Waals surface area contributed by atoms with E-state index in [-0.39, 0.29) is 18.9 Å². The van der Waals surface area contributed by atoms with E-state index >= 15 is 0 Å². The smallest absolute Gasteiger partial charge is 0.357 e. The van der Waals surface area contributed by atoms with Crippen molar-refractivity contribution in [3.63, 3.8) is 0 Å². The zero-order valence-corrected chi connectivity index (χ0v) is 16.8. The molecule has 1 aromatic rings. The topological polar surface area (TPSA) is 54.2 Å². The number of nitrogens with one attached hydrogen (secondary N) is 2. The summed E-state index contributed by atoms with van der Waals surface area (Å²) in [4.78, 5) is 4.70. The molecule has 5 nitrogen and oxygen atoms in total. The number of nitrogens with zero attached hydrogens (tertiary/aromatic N) is 3. The SMILES string of the molecule is CCNC(=NCc1c(CC)nn(C)c1CC)NC1CCC(C(F)(F)F)CC1. The van der Waals surface area contributed by atoms with E-state index in [9.17, 15) is 13.2 Å². The van der Waals surface area contributed by atoms with Gasteiger partial charge in [-0.3, -0.25) is 4.68 Å². The number of hydrogen-bond acceptors (Lipinski definition) is 2. The van der Waals surface area contributed by atoms with Crippen molar-refractivity contribution in [1.29, 1.82) is 0 Å². The Balaban J connectivity index is 2.04. The largest absolute Gasteiger partial charge is 0.391 e. The molecule has 0 amide bonds. The van der Waals surface area contributed by atoms with Crippen LogP contribution >= 0.6 is 0 Å². The van der Waals surface area contributed by atoms with E-state index in [2.05, 4.69) is 29.6 Å². The van der Waals surface area contributed by atoms with Crippen LogP contribution in [-0.4, -0.2) is 34.5 Å². The monoisotopic (exact) mass is 387 g/mol. The van der Waals surface area contributed by atoms with Gasteiger partial charge >= 0.3 is 6.18 Å². The summed E-state index contributed by atoms with van der Waals surface area (Å²) in [5.41, 5.74) is 3.39. The van der Waals surface area contributed by atoms with E-state index in [4.69, 9.17) is 4.99 Å². The summed E-state index contributed by atoms with van der Waals surface area (Å²) in [6.07, 6.45) is -0.934. The van der Waals surface area contributed by atoms with Crippen molar-refractivity contribution in [1.82, 2.24) is 20.4 Å². The van der Waals surface area contributed by atoms with Crippen LogP contribution in [0.1, 0.15) is 63.4 Å². The average Bonchev–Trinajstić information content (AvgIpc) is 2.94. The second-order valence-electron chi connectivity index (χ2n) is 7.13. The zero-order valence-electron chi connectivity index (χ0n) is 16.8. The Labute approximate surface area is 159 Å². The molecule has 1 heterocycles. The molecule has 0 aromatic carbocycles. The van der Waals surface area contributed by atoms with Crippen LogP contribution in [0.4, 0.5) is 13.2 Å². The molecule has 1 aliphatic carbocycles. The molecule has 0 aliphatic heterocycles. The molecular weight excluding hydrogens is 355 g/mol. The van der Waals surface area contributed by atoms with Crippen molar-refractivity contribution in [2.75, 3.05) is 6.54 Å². The Morgan fingerprint density at radius 2 is 1.81 bits per heavy atom. The summed E-state index contributed by atoms with van der Waals surface area (Å²) in [7, 11) is 1.95. The van der Waals surface area contributed by atoms with Crippen LogP contribution in [0.2, 0.25) is 0 Å². The summed E-state index contributed by atoms with van der Waals surface area (Å²) in [6, 6.07) is 0.0339. The maximum atomic E-state index is 12.8. The Morgan fingerprint density at radius 1 is 1.15 bits per heavy atom. The van der Waals surface area contributed by atoms with Crippen LogP contribution in [-0.2, 0) is 26.4 Å². The van der Waals surface area contributed by atoms with Gasteiger partial charge < -0.3 is 10.6 Å². The number of aromatic nitrogens is 2. The molecular formula is C19H32F3N5. The van der Waals surface area contributed by atoms with E-state index < -0.39 is 12.1 Å². The molecule has 154 valence electrons. The second-order valence-corrected chi connectivity index (χ2v) is 7.13. The second kappa shape index (κ2) is 9.46. The van der Waals surface area contributed by atoms with Gasteiger partial charge in [-0.1, -0.05) is 13.8 Å². The van der Waals surface area contributed by atoms with E-state index in [1.165, 1.54) is 5.69 Å². The van der Waals surface area contributed by atoms with E-state index in [0.717, 1.165) is 24.1 Å². The van der Waals surface area contributed by atoms with Crippen molar-refractivity contribution in [2.24, 2.45) is 18.0 Å². The third-order valence-electron chi connectivity index (χ3n) is 5.30. The number of guanidine groups is 1. The van der Waals surface area contributed by atoms with Gasteiger partial charge in [-0.25, -0.2) is 4.99 Å². The predicted octanol–water partition coefficient (Wildman–Crippen LogP) is 3.72. The van der Waals surface area contributed by atoms with Gasteiger partial charge in [-0.2, -0.15) is 18.3 Å². The Morgan fingerprint density at radius 3 is 2.33 bits per heavy atom. The van der Waals surface area contributed by atoms with Crippen LogP contribution in [0.3, 0.4) is 0 Å². The van der Waals surface area contributed by atoms with Crippen LogP contribution in [0.5, 0.6) is 0 Å². The standard InChI is InChI=1S/C19H32F3N5/c1-5-16-15(17(6-2)27(4)26-16)12-24-18(23-7-3)25-14-10-8-13(9-11-14)19(20,21)22/h13-14H,5-12H2,1-4H3,(H2,23,24,25). The van der Waals surface area contributed by atoms with Gasteiger partial charge in [0.15, 0.2) is 5.96 Å². The lowest BCUT2D eigenvalue weighted by Crippen LogP contribution is -2.45. The van der Waals surface area contributed by atoms with Gasteiger partial charge in [0.2, 0.25) is 0 Å². The molecule has 1 fully saturated rings. The lowest BCUT2D eigenvalue weighted by molar-refractivity contribution is -0.182. The molecule has 0 atom stereocenters. The highest BCUT2D eigenvalue weighted by Crippen LogP contribution is 2.37. The highest BCUT2D eigenvalue weighted by Gasteiger charge is 2.41. The van der Waals surface area contributed by atoms with Crippen LogP contribution in [0.25, 0.3) is 0 Å². The van der Waals surface area contributed by atoms with Crippen molar-refractivity contribution in [2.45, 2.75) is 78.1 Å². The number of alkyl halides is 3. The first-order valence-electron chi connectivity index (χ1n) is 9.95. The molecule has 0 saturated heterocycles. The van der Waals surface area contributed by atoms with Crippen molar-refractivity contribution >= 4 is 5.96 Å². The fraction of sp³-hybridized carbons (Fsp3) is 0.789. The third kappa shape index (κ3) is 5.62. The molecule has 27 heavy (non-hydrogen) atoms. The molecule has 1 aliphatic rings. The minimum atomic E-state index is -4.07. The van der Waals surface area contributed by atoms with Crippen LogP contribution in [0.15, 0.2) is 4.99 Å². The van der Waals surface area contributed by atoms with Gasteiger partial charge in [0.25, 0.3) is 0 Å². The summed E-state index contributed by atoms with van der Waals surface area (Å²) in [6.45, 7) is 7.39. The number of hydrogen-bond donors (Lipinski definition) is 2. The highest BCUT2D eigenvalue weighted by molar-refractivity contribution is 5.80. The number of rotatable bonds is 6. The van der Waals surface area contributed by atoms with E-state index in [0.29, 0.717) is 31.9 Å². The lowest BCUT2D eigenvalue weighted by Gasteiger charge is -2.31. The molecule has 2 rings (SSSR count). The molecule has 1 aromatic heterocycles. The predicted molar refractivity (Wildman–Crippen MR) is 102 cm³/mol. The molecule has 0 unspecified atom stereocenters. The Kier molecular flexibility index (Phi) is 7.56. The van der Waals surface area contributed by atoms with Gasteiger partial charge in [-0.15, -0.1) is 0 Å². The molecule has 1 saturated carbocycles. The fourth-order valence-corrected chi connectivity index (χ4v) is 3.81. The van der Waals surface area contributed by atoms with Crippen LogP contribution in [0, 0.1) is 5.92 Å². The van der Waals surface area contributed by atoms with Crippen LogP contribution < -0.4 is 10.6 Å². The quantitative estimate of drug-likeness (QED) is 0.578. The molecule has 8 heteroatoms. The minimum Gasteiger partial charge on any atom is -0.357 e. The molecule has 0 bridgehead atoms. The van der Waals surface area contributed by atoms with Crippen molar-refractivity contribution in [3.05, 3.63) is 17.0 Å². The minimum absolute atomic E-state index is 0.0339. The number of halogens is 3. The Bertz CT molecular complexity index is 628. The molecule has 2 N–H and O–H groups in total. The summed E-state index contributed by atoms with van der Waals surface area (Å²) in [5.74, 6) is -0.495. The number of aliphatic imine (C=N–C) groups is 1. The average molecular weight is 387 g/mol.